The largest absolute Gasteiger partial charge is 0.351 e. The van der Waals surface area contributed by atoms with E-state index in [4.69, 9.17) is 0 Å². The van der Waals surface area contributed by atoms with Crippen LogP contribution in [0.1, 0.15) is 38.5 Å². The third kappa shape index (κ3) is 5.05. The fourth-order valence-corrected chi connectivity index (χ4v) is 4.98. The van der Waals surface area contributed by atoms with Crippen molar-refractivity contribution in [1.29, 1.82) is 0 Å². The Morgan fingerprint density at radius 1 is 1.20 bits per heavy atom. The third-order valence-corrected chi connectivity index (χ3v) is 6.07. The lowest BCUT2D eigenvalue weighted by molar-refractivity contribution is -0.122. The number of amides is 1. The summed E-state index contributed by atoms with van der Waals surface area (Å²) in [6.45, 7) is 1.34. The van der Waals surface area contributed by atoms with Crippen molar-refractivity contribution in [2.45, 2.75) is 44.6 Å². The Morgan fingerprint density at radius 2 is 1.90 bits per heavy atom. The molecule has 0 aromatic carbocycles. The summed E-state index contributed by atoms with van der Waals surface area (Å²) < 4.78 is 22.7. The fraction of sp³-hybridized carbons (Fsp3) is 0.929. The second-order valence-corrected chi connectivity index (χ2v) is 8.60. The molecule has 1 N–H and O–H groups in total. The summed E-state index contributed by atoms with van der Waals surface area (Å²) in [7, 11) is -0.949. The van der Waals surface area contributed by atoms with Gasteiger partial charge in [-0.15, -0.1) is 0 Å². The molecule has 2 aliphatic rings. The SMILES string of the molecule is CN(CC(=O)N[C@@H]1CCS(=O)(=O)C1)CC1CCCCC1. The first kappa shape index (κ1) is 15.8. The molecule has 1 saturated heterocycles. The van der Waals surface area contributed by atoms with E-state index in [0.717, 1.165) is 6.54 Å². The van der Waals surface area contributed by atoms with Crippen LogP contribution in [0.2, 0.25) is 0 Å². The molecule has 1 aliphatic carbocycles. The van der Waals surface area contributed by atoms with Gasteiger partial charge in [0.25, 0.3) is 0 Å². The predicted octanol–water partition coefficient (Wildman–Crippen LogP) is 0.802. The molecule has 20 heavy (non-hydrogen) atoms. The van der Waals surface area contributed by atoms with Crippen LogP contribution in [0.3, 0.4) is 0 Å². The highest BCUT2D eigenvalue weighted by molar-refractivity contribution is 7.91. The Labute approximate surface area is 122 Å². The van der Waals surface area contributed by atoms with Gasteiger partial charge in [0, 0.05) is 12.6 Å². The van der Waals surface area contributed by atoms with Crippen molar-refractivity contribution in [3.8, 4) is 0 Å². The van der Waals surface area contributed by atoms with Crippen LogP contribution in [0.25, 0.3) is 0 Å². The molecule has 1 aliphatic heterocycles. The maximum atomic E-state index is 11.9. The van der Waals surface area contributed by atoms with Crippen LogP contribution in [-0.2, 0) is 14.6 Å². The first-order chi connectivity index (χ1) is 9.44. The van der Waals surface area contributed by atoms with Crippen molar-refractivity contribution >= 4 is 15.7 Å². The maximum absolute atomic E-state index is 11.9. The number of nitrogens with one attached hydrogen (secondary N) is 1. The van der Waals surface area contributed by atoms with Crippen LogP contribution in [0.4, 0.5) is 0 Å². The molecular formula is C14H26N2O3S. The third-order valence-electron chi connectivity index (χ3n) is 4.31. The number of hydrogen-bond acceptors (Lipinski definition) is 4. The van der Waals surface area contributed by atoms with Gasteiger partial charge < -0.3 is 5.32 Å². The Morgan fingerprint density at radius 3 is 2.50 bits per heavy atom. The molecule has 116 valence electrons. The second-order valence-electron chi connectivity index (χ2n) is 6.37. The molecule has 0 unspecified atom stereocenters. The van der Waals surface area contributed by atoms with E-state index in [2.05, 4.69) is 10.2 Å². The quantitative estimate of drug-likeness (QED) is 0.816. The molecular weight excluding hydrogens is 276 g/mol. The fourth-order valence-electron chi connectivity index (χ4n) is 3.30. The molecule has 6 heteroatoms. The zero-order valence-corrected chi connectivity index (χ0v) is 13.1. The molecule has 1 saturated carbocycles. The Bertz CT molecular complexity index is 430. The minimum absolute atomic E-state index is 0.0505. The van der Waals surface area contributed by atoms with Gasteiger partial charge in [0.15, 0.2) is 9.84 Å². The van der Waals surface area contributed by atoms with Gasteiger partial charge in [-0.1, -0.05) is 19.3 Å². The van der Waals surface area contributed by atoms with E-state index in [0.29, 0.717) is 18.9 Å². The number of sulfone groups is 1. The average Bonchev–Trinajstić information content (AvgIpc) is 2.69. The van der Waals surface area contributed by atoms with E-state index >= 15 is 0 Å². The lowest BCUT2D eigenvalue weighted by Gasteiger charge is -2.26. The van der Waals surface area contributed by atoms with E-state index in [9.17, 15) is 13.2 Å². The van der Waals surface area contributed by atoms with E-state index < -0.39 is 9.84 Å². The van der Waals surface area contributed by atoms with Crippen LogP contribution in [0, 0.1) is 5.92 Å². The minimum Gasteiger partial charge on any atom is -0.351 e. The van der Waals surface area contributed by atoms with Gasteiger partial charge in [-0.2, -0.15) is 0 Å². The normalized spacial score (nSPS) is 26.8. The first-order valence-electron chi connectivity index (χ1n) is 7.63. The van der Waals surface area contributed by atoms with Gasteiger partial charge >= 0.3 is 0 Å². The summed E-state index contributed by atoms with van der Waals surface area (Å²) in [6, 6.07) is -0.185. The van der Waals surface area contributed by atoms with Crippen molar-refractivity contribution in [3.05, 3.63) is 0 Å². The Hall–Kier alpha value is -0.620. The standard InChI is InChI=1S/C14H26N2O3S/c1-16(9-12-5-3-2-4-6-12)10-14(17)15-13-7-8-20(18,19)11-13/h12-13H,2-11H2,1H3,(H,15,17)/t13-/m1/s1. The molecule has 2 fully saturated rings. The summed E-state index contributed by atoms with van der Waals surface area (Å²) in [5, 5.41) is 2.84. The number of carbonyl (C=O) groups excluding carboxylic acids is 1. The summed E-state index contributed by atoms with van der Waals surface area (Å²) in [6.07, 6.45) is 7.06. The monoisotopic (exact) mass is 302 g/mol. The average molecular weight is 302 g/mol. The van der Waals surface area contributed by atoms with Crippen LogP contribution in [0.5, 0.6) is 0 Å². The van der Waals surface area contributed by atoms with Gasteiger partial charge in [0.2, 0.25) is 5.91 Å². The molecule has 0 spiro atoms. The highest BCUT2D eigenvalue weighted by atomic mass is 32.2. The molecule has 1 atom stereocenters. The smallest absolute Gasteiger partial charge is 0.234 e. The number of likely N-dealkylation sites (N-methyl/N-ethyl adjacent to an activating group) is 1. The second kappa shape index (κ2) is 6.89. The Kier molecular flexibility index (Phi) is 5.43. The lowest BCUT2D eigenvalue weighted by atomic mass is 9.89. The van der Waals surface area contributed by atoms with E-state index in [-0.39, 0.29) is 23.5 Å². The van der Waals surface area contributed by atoms with Crippen molar-refractivity contribution < 1.29 is 13.2 Å². The number of rotatable bonds is 5. The molecule has 0 bridgehead atoms. The van der Waals surface area contributed by atoms with Gasteiger partial charge in [0.05, 0.1) is 18.1 Å². The molecule has 0 aromatic heterocycles. The highest BCUT2D eigenvalue weighted by Gasteiger charge is 2.29. The highest BCUT2D eigenvalue weighted by Crippen LogP contribution is 2.23. The van der Waals surface area contributed by atoms with Gasteiger partial charge in [-0.3, -0.25) is 9.69 Å². The molecule has 5 nitrogen and oxygen atoms in total. The van der Waals surface area contributed by atoms with E-state index in [1.807, 2.05) is 7.05 Å². The molecule has 1 amide bonds. The zero-order chi connectivity index (χ0) is 14.6. The van der Waals surface area contributed by atoms with Crippen LogP contribution in [0.15, 0.2) is 0 Å². The molecule has 0 radical (unpaired) electrons. The van der Waals surface area contributed by atoms with Crippen LogP contribution < -0.4 is 5.32 Å². The first-order valence-corrected chi connectivity index (χ1v) is 9.45. The number of carbonyl (C=O) groups is 1. The summed E-state index contributed by atoms with van der Waals surface area (Å²) in [5.41, 5.74) is 0. The molecule has 2 rings (SSSR count). The maximum Gasteiger partial charge on any atom is 0.234 e. The van der Waals surface area contributed by atoms with Crippen molar-refractivity contribution in [2.24, 2.45) is 5.92 Å². The topological polar surface area (TPSA) is 66.5 Å². The zero-order valence-electron chi connectivity index (χ0n) is 12.3. The summed E-state index contributed by atoms with van der Waals surface area (Å²) in [4.78, 5) is 14.0. The van der Waals surface area contributed by atoms with Gasteiger partial charge in [0.1, 0.15) is 0 Å². The van der Waals surface area contributed by atoms with Crippen LogP contribution >= 0.6 is 0 Å². The van der Waals surface area contributed by atoms with Crippen molar-refractivity contribution in [2.75, 3.05) is 31.6 Å². The lowest BCUT2D eigenvalue weighted by Crippen LogP contribution is -2.42. The van der Waals surface area contributed by atoms with Crippen LogP contribution in [-0.4, -0.2) is 56.9 Å². The molecule has 1 heterocycles. The molecule has 0 aromatic rings. The van der Waals surface area contributed by atoms with Crippen molar-refractivity contribution in [3.63, 3.8) is 0 Å². The number of hydrogen-bond donors (Lipinski definition) is 1. The Balaban J connectivity index is 1.68. The van der Waals surface area contributed by atoms with Gasteiger partial charge in [-0.25, -0.2) is 8.42 Å². The van der Waals surface area contributed by atoms with E-state index in [1.165, 1.54) is 32.1 Å². The predicted molar refractivity (Wildman–Crippen MR) is 79.3 cm³/mol. The summed E-state index contributed by atoms with van der Waals surface area (Å²) >= 11 is 0. The minimum atomic E-state index is -2.92. The van der Waals surface area contributed by atoms with Crippen molar-refractivity contribution in [1.82, 2.24) is 10.2 Å². The number of nitrogens with zero attached hydrogens (tertiary/aromatic N) is 1. The van der Waals surface area contributed by atoms with E-state index in [1.54, 1.807) is 0 Å². The summed E-state index contributed by atoms with van der Waals surface area (Å²) in [5.74, 6) is 0.972. The van der Waals surface area contributed by atoms with Gasteiger partial charge in [-0.05, 0) is 32.2 Å².